The minimum atomic E-state index is -0.200. The zero-order valence-corrected chi connectivity index (χ0v) is 15.3. The summed E-state index contributed by atoms with van der Waals surface area (Å²) in [5.41, 5.74) is 4.20. The first-order valence-electron chi connectivity index (χ1n) is 8.13. The molecule has 0 saturated heterocycles. The lowest BCUT2D eigenvalue weighted by Gasteiger charge is -2.31. The topological polar surface area (TPSA) is 29.4 Å². The molecule has 0 fully saturated rings. The van der Waals surface area contributed by atoms with Crippen molar-refractivity contribution in [3.63, 3.8) is 0 Å². The molecule has 0 heterocycles. The second-order valence-corrected chi connectivity index (χ2v) is 8.27. The first-order chi connectivity index (χ1) is 10.5. The van der Waals surface area contributed by atoms with Gasteiger partial charge in [-0.1, -0.05) is 59.7 Å². The average molecular weight is 309 g/mol. The molecule has 0 amide bonds. The first kappa shape index (κ1) is 17.4. The Morgan fingerprint density at radius 2 is 1.30 bits per heavy atom. The summed E-state index contributed by atoms with van der Waals surface area (Å²) in [6.07, 6.45) is 3.90. The van der Waals surface area contributed by atoms with Gasteiger partial charge in [-0.2, -0.15) is 0 Å². The molecular weight excluding hydrogens is 282 g/mol. The highest BCUT2D eigenvalue weighted by atomic mass is 16.1. The van der Waals surface area contributed by atoms with Crippen LogP contribution in [0.25, 0.3) is 0 Å². The van der Waals surface area contributed by atoms with Gasteiger partial charge in [-0.25, -0.2) is 4.99 Å². The minimum absolute atomic E-state index is 0.147. The van der Waals surface area contributed by atoms with Crippen molar-refractivity contribution >= 4 is 17.2 Å². The number of nitrogens with zero attached hydrogens (tertiary/aromatic N) is 1. The summed E-state index contributed by atoms with van der Waals surface area (Å²) in [5.74, 6) is 0.147. The normalized spacial score (nSPS) is 16.1. The van der Waals surface area contributed by atoms with Crippen LogP contribution in [-0.4, -0.2) is 11.5 Å². The van der Waals surface area contributed by atoms with Crippen LogP contribution in [0.1, 0.15) is 47.1 Å². The van der Waals surface area contributed by atoms with Crippen molar-refractivity contribution in [2.24, 2.45) is 15.8 Å². The van der Waals surface area contributed by atoms with Gasteiger partial charge in [0.05, 0.1) is 11.4 Å². The number of allylic oxidation sites excluding steroid dienone is 4. The van der Waals surface area contributed by atoms with E-state index in [4.69, 9.17) is 4.99 Å². The van der Waals surface area contributed by atoms with Crippen molar-refractivity contribution in [3.8, 4) is 0 Å². The molecule has 0 bridgehead atoms. The Kier molecular flexibility index (Phi) is 4.48. The van der Waals surface area contributed by atoms with Crippen LogP contribution in [0.4, 0.5) is 5.69 Å². The van der Waals surface area contributed by atoms with Gasteiger partial charge in [0.1, 0.15) is 0 Å². The summed E-state index contributed by atoms with van der Waals surface area (Å²) in [6.45, 7) is 14.5. The van der Waals surface area contributed by atoms with Crippen LogP contribution in [0.3, 0.4) is 0 Å². The number of Topliss-reactive ketones (excluding diaryl/α,β-unsaturated/α-hetero) is 1. The summed E-state index contributed by atoms with van der Waals surface area (Å²) in [5, 5.41) is 0. The fourth-order valence-electron chi connectivity index (χ4n) is 2.62. The predicted molar refractivity (Wildman–Crippen MR) is 98.4 cm³/mol. The SMILES string of the molecule is Cc1ccccc1N=C1C=C(C(C)(C)C)C(=O)C(C(C)(C)C)=C1. The maximum atomic E-state index is 12.9. The minimum Gasteiger partial charge on any atom is -0.289 e. The lowest BCUT2D eigenvalue weighted by Crippen LogP contribution is -2.29. The van der Waals surface area contributed by atoms with Gasteiger partial charge in [0.25, 0.3) is 0 Å². The summed E-state index contributed by atoms with van der Waals surface area (Å²) >= 11 is 0. The van der Waals surface area contributed by atoms with E-state index in [0.29, 0.717) is 0 Å². The van der Waals surface area contributed by atoms with Gasteiger partial charge in [-0.3, -0.25) is 4.79 Å². The fourth-order valence-corrected chi connectivity index (χ4v) is 2.62. The third-order valence-electron chi connectivity index (χ3n) is 4.05. The Labute approximate surface area is 140 Å². The van der Waals surface area contributed by atoms with Gasteiger partial charge in [0.15, 0.2) is 5.78 Å². The molecule has 0 unspecified atom stereocenters. The van der Waals surface area contributed by atoms with E-state index in [-0.39, 0.29) is 16.6 Å². The number of ketones is 1. The van der Waals surface area contributed by atoms with Crippen LogP contribution < -0.4 is 0 Å². The van der Waals surface area contributed by atoms with E-state index in [0.717, 1.165) is 28.1 Å². The Morgan fingerprint density at radius 1 is 0.826 bits per heavy atom. The van der Waals surface area contributed by atoms with Crippen LogP contribution in [0, 0.1) is 17.8 Å². The van der Waals surface area contributed by atoms with E-state index < -0.39 is 0 Å². The molecule has 1 aromatic carbocycles. The highest BCUT2D eigenvalue weighted by Crippen LogP contribution is 2.37. The van der Waals surface area contributed by atoms with Gasteiger partial charge in [-0.05, 0) is 41.5 Å². The standard InChI is InChI=1S/C21H27NO/c1-14-10-8-9-11-18(14)22-15-12-16(20(2,3)4)19(23)17(13-15)21(5,6)7/h8-13H,1-7H3. The van der Waals surface area contributed by atoms with E-state index >= 15 is 0 Å². The van der Waals surface area contributed by atoms with Crippen LogP contribution in [0.5, 0.6) is 0 Å². The third kappa shape index (κ3) is 3.87. The Bertz CT molecular complexity index is 683. The zero-order chi connectivity index (χ0) is 17.4. The number of hydrogen-bond donors (Lipinski definition) is 0. The molecular formula is C21H27NO. The monoisotopic (exact) mass is 309 g/mol. The molecule has 0 spiro atoms. The lowest BCUT2D eigenvalue weighted by atomic mass is 9.72. The van der Waals surface area contributed by atoms with Crippen molar-refractivity contribution in [2.75, 3.05) is 0 Å². The maximum Gasteiger partial charge on any atom is 0.186 e. The highest BCUT2D eigenvalue weighted by Gasteiger charge is 2.34. The van der Waals surface area contributed by atoms with Crippen molar-refractivity contribution in [1.29, 1.82) is 0 Å². The largest absolute Gasteiger partial charge is 0.289 e. The van der Waals surface area contributed by atoms with Gasteiger partial charge in [0, 0.05) is 11.1 Å². The summed E-state index contributed by atoms with van der Waals surface area (Å²) in [4.78, 5) is 17.7. The molecule has 0 aliphatic heterocycles. The highest BCUT2D eigenvalue weighted by molar-refractivity contribution is 6.23. The molecule has 2 nitrogen and oxygen atoms in total. The van der Waals surface area contributed by atoms with Gasteiger partial charge < -0.3 is 0 Å². The fraction of sp³-hybridized carbons (Fsp3) is 0.429. The molecule has 122 valence electrons. The van der Waals surface area contributed by atoms with Crippen LogP contribution in [-0.2, 0) is 4.79 Å². The van der Waals surface area contributed by atoms with Crippen molar-refractivity contribution in [2.45, 2.75) is 48.5 Å². The Morgan fingerprint density at radius 3 is 1.74 bits per heavy atom. The number of para-hydroxylation sites is 1. The number of carbonyl (C=O) groups excluding carboxylic acids is 1. The molecule has 2 heteroatoms. The van der Waals surface area contributed by atoms with Crippen molar-refractivity contribution in [1.82, 2.24) is 0 Å². The number of hydrogen-bond acceptors (Lipinski definition) is 2. The second kappa shape index (κ2) is 5.92. The molecule has 23 heavy (non-hydrogen) atoms. The molecule has 0 saturated carbocycles. The molecule has 1 aliphatic carbocycles. The lowest BCUT2D eigenvalue weighted by molar-refractivity contribution is -0.114. The molecule has 2 rings (SSSR count). The zero-order valence-electron chi connectivity index (χ0n) is 15.3. The first-order valence-corrected chi connectivity index (χ1v) is 8.13. The number of rotatable bonds is 1. The number of carbonyl (C=O) groups is 1. The Hall–Kier alpha value is -1.96. The quantitative estimate of drug-likeness (QED) is 0.621. The molecule has 0 atom stereocenters. The van der Waals surface area contributed by atoms with E-state index in [1.165, 1.54) is 0 Å². The van der Waals surface area contributed by atoms with E-state index in [1.807, 2.05) is 30.4 Å². The number of aryl methyl sites for hydroxylation is 1. The maximum absolute atomic E-state index is 12.9. The van der Waals surface area contributed by atoms with Crippen molar-refractivity contribution < 1.29 is 4.79 Å². The second-order valence-electron chi connectivity index (χ2n) is 8.27. The summed E-state index contributed by atoms with van der Waals surface area (Å²) < 4.78 is 0. The van der Waals surface area contributed by atoms with E-state index in [1.54, 1.807) is 0 Å². The van der Waals surface area contributed by atoms with Crippen molar-refractivity contribution in [3.05, 3.63) is 53.1 Å². The van der Waals surface area contributed by atoms with Gasteiger partial charge in [0.2, 0.25) is 0 Å². The van der Waals surface area contributed by atoms with Crippen LogP contribution >= 0.6 is 0 Å². The van der Waals surface area contributed by atoms with E-state index in [2.05, 4.69) is 54.5 Å². The number of aliphatic imine (C=N–C) groups is 1. The van der Waals surface area contributed by atoms with E-state index in [9.17, 15) is 4.79 Å². The van der Waals surface area contributed by atoms with Gasteiger partial charge in [-0.15, -0.1) is 0 Å². The molecule has 0 aromatic heterocycles. The average Bonchev–Trinajstić information content (AvgIpc) is 2.40. The number of benzene rings is 1. The summed E-state index contributed by atoms with van der Waals surface area (Å²) in [7, 11) is 0. The molecule has 1 aromatic rings. The molecule has 0 radical (unpaired) electrons. The molecule has 0 N–H and O–H groups in total. The Balaban J connectivity index is 2.61. The third-order valence-corrected chi connectivity index (χ3v) is 4.05. The van der Waals surface area contributed by atoms with Crippen LogP contribution in [0.15, 0.2) is 52.6 Å². The predicted octanol–water partition coefficient (Wildman–Crippen LogP) is 5.60. The summed E-state index contributed by atoms with van der Waals surface area (Å²) in [6, 6.07) is 8.06. The smallest absolute Gasteiger partial charge is 0.186 e. The molecule has 1 aliphatic rings. The van der Waals surface area contributed by atoms with Gasteiger partial charge >= 0.3 is 0 Å². The van der Waals surface area contributed by atoms with Crippen LogP contribution in [0.2, 0.25) is 0 Å².